The molecule has 14 heavy (non-hydrogen) atoms. The van der Waals surface area contributed by atoms with Gasteiger partial charge in [-0.3, -0.25) is 4.79 Å². The lowest BCUT2D eigenvalue weighted by molar-refractivity contribution is -0.137. The Morgan fingerprint density at radius 1 is 1.71 bits per heavy atom. The summed E-state index contributed by atoms with van der Waals surface area (Å²) >= 11 is 5.66. The van der Waals surface area contributed by atoms with E-state index in [1.54, 1.807) is 13.0 Å². The van der Waals surface area contributed by atoms with E-state index in [9.17, 15) is 4.79 Å². The van der Waals surface area contributed by atoms with Crippen LogP contribution in [0.2, 0.25) is 5.15 Å². The maximum atomic E-state index is 10.6. The number of anilines is 1. The van der Waals surface area contributed by atoms with Gasteiger partial charge in [0, 0.05) is 0 Å². The van der Waals surface area contributed by atoms with Crippen molar-refractivity contribution in [3.8, 4) is 0 Å². The van der Waals surface area contributed by atoms with Crippen molar-refractivity contribution < 1.29 is 9.90 Å². The third kappa shape index (κ3) is 2.60. The Balaban J connectivity index is 2.82. The number of aryl methyl sites for hydroxylation is 1. The van der Waals surface area contributed by atoms with Crippen molar-refractivity contribution in [3.63, 3.8) is 0 Å². The molecule has 1 unspecified atom stereocenters. The highest BCUT2D eigenvalue weighted by Crippen LogP contribution is 2.17. The van der Waals surface area contributed by atoms with Crippen LogP contribution < -0.4 is 5.32 Å². The first-order valence-corrected chi connectivity index (χ1v) is 4.50. The van der Waals surface area contributed by atoms with E-state index in [0.29, 0.717) is 10.8 Å². The van der Waals surface area contributed by atoms with Crippen molar-refractivity contribution >= 4 is 23.3 Å². The molecule has 1 aromatic heterocycles. The number of carboxylic acid groups (broad SMARTS) is 1. The molecule has 0 aliphatic carbocycles. The summed E-state index contributed by atoms with van der Waals surface area (Å²) in [5.41, 5.74) is 1.56. The van der Waals surface area contributed by atoms with Crippen molar-refractivity contribution in [2.75, 3.05) is 5.32 Å². The largest absolute Gasteiger partial charge is 0.480 e. The third-order valence-electron chi connectivity index (χ3n) is 1.82. The fourth-order valence-electron chi connectivity index (χ4n) is 0.968. The molecule has 0 spiro atoms. The number of carbonyl (C=O) groups is 1. The van der Waals surface area contributed by atoms with Gasteiger partial charge in [-0.25, -0.2) is 4.98 Å². The van der Waals surface area contributed by atoms with Crippen LogP contribution in [-0.4, -0.2) is 22.1 Å². The van der Waals surface area contributed by atoms with Crippen LogP contribution in [0.5, 0.6) is 0 Å². The van der Waals surface area contributed by atoms with Gasteiger partial charge in [0.05, 0.1) is 11.9 Å². The molecule has 0 fully saturated rings. The van der Waals surface area contributed by atoms with Crippen LogP contribution in [0, 0.1) is 6.92 Å². The Labute approximate surface area is 86.9 Å². The highest BCUT2D eigenvalue weighted by atomic mass is 35.5. The van der Waals surface area contributed by atoms with Crippen LogP contribution in [0.3, 0.4) is 0 Å². The highest BCUT2D eigenvalue weighted by molar-refractivity contribution is 6.29. The number of nitrogens with one attached hydrogen (secondary N) is 1. The van der Waals surface area contributed by atoms with Crippen molar-refractivity contribution in [3.05, 3.63) is 23.0 Å². The molecule has 0 radical (unpaired) electrons. The number of halogens is 1. The number of rotatable bonds is 3. The molecule has 2 N–H and O–H groups in total. The summed E-state index contributed by atoms with van der Waals surface area (Å²) in [4.78, 5) is 14.4. The molecular weight excluding hydrogens is 204 g/mol. The molecule has 0 bridgehead atoms. The average Bonchev–Trinajstić information content (AvgIpc) is 2.09. The van der Waals surface area contributed by atoms with E-state index in [-0.39, 0.29) is 0 Å². The summed E-state index contributed by atoms with van der Waals surface area (Å²) in [6.45, 7) is 3.40. The van der Waals surface area contributed by atoms with Crippen LogP contribution in [0.1, 0.15) is 12.5 Å². The molecule has 1 heterocycles. The van der Waals surface area contributed by atoms with Gasteiger partial charge in [-0.05, 0) is 25.5 Å². The SMILES string of the molecule is Cc1cc(Cl)ncc1NC(C)C(=O)O. The topological polar surface area (TPSA) is 62.2 Å². The summed E-state index contributed by atoms with van der Waals surface area (Å²) in [5.74, 6) is -0.903. The zero-order valence-electron chi connectivity index (χ0n) is 7.91. The van der Waals surface area contributed by atoms with E-state index < -0.39 is 12.0 Å². The molecule has 0 saturated heterocycles. The molecule has 0 amide bonds. The molecule has 1 atom stereocenters. The smallest absolute Gasteiger partial charge is 0.325 e. The summed E-state index contributed by atoms with van der Waals surface area (Å²) in [7, 11) is 0. The molecule has 0 aliphatic rings. The van der Waals surface area contributed by atoms with E-state index in [2.05, 4.69) is 10.3 Å². The maximum absolute atomic E-state index is 10.6. The number of hydrogen-bond donors (Lipinski definition) is 2. The van der Waals surface area contributed by atoms with E-state index in [0.717, 1.165) is 5.56 Å². The molecule has 1 aromatic rings. The van der Waals surface area contributed by atoms with E-state index in [4.69, 9.17) is 16.7 Å². The molecule has 1 rings (SSSR count). The minimum Gasteiger partial charge on any atom is -0.480 e. The van der Waals surface area contributed by atoms with Gasteiger partial charge in [-0.2, -0.15) is 0 Å². The van der Waals surface area contributed by atoms with Crippen LogP contribution in [0.25, 0.3) is 0 Å². The van der Waals surface area contributed by atoms with Crippen molar-refractivity contribution in [2.24, 2.45) is 0 Å². The van der Waals surface area contributed by atoms with Gasteiger partial charge in [0.1, 0.15) is 11.2 Å². The molecule has 0 saturated carbocycles. The highest BCUT2D eigenvalue weighted by Gasteiger charge is 2.11. The van der Waals surface area contributed by atoms with Crippen LogP contribution >= 0.6 is 11.6 Å². The standard InChI is InChI=1S/C9H11ClN2O2/c1-5-3-8(10)11-4-7(5)12-6(2)9(13)14/h3-4,6,12H,1-2H3,(H,13,14). The lowest BCUT2D eigenvalue weighted by atomic mass is 10.2. The lowest BCUT2D eigenvalue weighted by Crippen LogP contribution is -2.25. The number of nitrogens with zero attached hydrogens (tertiary/aromatic N) is 1. The molecule has 0 aromatic carbocycles. The molecule has 4 nitrogen and oxygen atoms in total. The maximum Gasteiger partial charge on any atom is 0.325 e. The van der Waals surface area contributed by atoms with Gasteiger partial charge in [0.15, 0.2) is 0 Å². The Kier molecular flexibility index (Phi) is 3.30. The van der Waals surface area contributed by atoms with Gasteiger partial charge in [-0.15, -0.1) is 0 Å². The second-order valence-corrected chi connectivity index (χ2v) is 3.41. The summed E-state index contributed by atoms with van der Waals surface area (Å²) in [5, 5.41) is 11.9. The van der Waals surface area contributed by atoms with Crippen molar-refractivity contribution in [1.82, 2.24) is 4.98 Å². The lowest BCUT2D eigenvalue weighted by Gasteiger charge is -2.12. The van der Waals surface area contributed by atoms with Crippen molar-refractivity contribution in [2.45, 2.75) is 19.9 Å². The summed E-state index contributed by atoms with van der Waals surface area (Å²) < 4.78 is 0. The fourth-order valence-corrected chi connectivity index (χ4v) is 1.18. The fraction of sp³-hybridized carbons (Fsp3) is 0.333. The van der Waals surface area contributed by atoms with Gasteiger partial charge < -0.3 is 10.4 Å². The normalized spacial score (nSPS) is 12.2. The van der Waals surface area contributed by atoms with Gasteiger partial charge >= 0.3 is 5.97 Å². The number of pyridine rings is 1. The monoisotopic (exact) mass is 214 g/mol. The van der Waals surface area contributed by atoms with Gasteiger partial charge in [0.2, 0.25) is 0 Å². The second-order valence-electron chi connectivity index (χ2n) is 3.03. The molecule has 0 aliphatic heterocycles. The first-order valence-electron chi connectivity index (χ1n) is 4.12. The summed E-state index contributed by atoms with van der Waals surface area (Å²) in [6, 6.07) is 1.04. The van der Waals surface area contributed by atoms with Gasteiger partial charge in [-0.1, -0.05) is 11.6 Å². The van der Waals surface area contributed by atoms with Gasteiger partial charge in [0.25, 0.3) is 0 Å². The molecule has 76 valence electrons. The van der Waals surface area contributed by atoms with Crippen LogP contribution in [0.4, 0.5) is 5.69 Å². The third-order valence-corrected chi connectivity index (χ3v) is 2.03. The second kappa shape index (κ2) is 4.28. The Hall–Kier alpha value is -1.29. The van der Waals surface area contributed by atoms with E-state index in [1.807, 2.05) is 6.92 Å². The van der Waals surface area contributed by atoms with E-state index in [1.165, 1.54) is 6.20 Å². The van der Waals surface area contributed by atoms with Crippen LogP contribution in [0.15, 0.2) is 12.3 Å². The number of aliphatic carboxylic acids is 1. The Morgan fingerprint density at radius 2 is 2.36 bits per heavy atom. The number of carboxylic acids is 1. The zero-order chi connectivity index (χ0) is 10.7. The number of aromatic nitrogens is 1. The minimum absolute atomic E-state index is 0.399. The zero-order valence-corrected chi connectivity index (χ0v) is 8.67. The Bertz CT molecular complexity index is 355. The average molecular weight is 215 g/mol. The predicted molar refractivity (Wildman–Crippen MR) is 54.7 cm³/mol. The van der Waals surface area contributed by atoms with E-state index >= 15 is 0 Å². The minimum atomic E-state index is -0.903. The number of hydrogen-bond acceptors (Lipinski definition) is 3. The Morgan fingerprint density at radius 3 is 2.86 bits per heavy atom. The van der Waals surface area contributed by atoms with Crippen molar-refractivity contribution in [1.29, 1.82) is 0 Å². The molecule has 5 heteroatoms. The first-order chi connectivity index (χ1) is 6.50. The quantitative estimate of drug-likeness (QED) is 0.755. The molecular formula is C9H11ClN2O2. The predicted octanol–water partition coefficient (Wildman–Crippen LogP) is 1.93. The summed E-state index contributed by atoms with van der Waals surface area (Å²) in [6.07, 6.45) is 1.52. The first kappa shape index (κ1) is 10.8. The van der Waals surface area contributed by atoms with Crippen LogP contribution in [-0.2, 0) is 4.79 Å².